The normalized spacial score (nSPS) is 23.3. The second-order valence-corrected chi connectivity index (χ2v) is 7.90. The lowest BCUT2D eigenvalue weighted by atomic mass is 9.89. The summed E-state index contributed by atoms with van der Waals surface area (Å²) >= 11 is 0. The molecule has 1 atom stereocenters. The molecule has 2 N–H and O–H groups in total. The number of likely N-dealkylation sites (tertiary alicyclic amines) is 1. The molecule has 0 radical (unpaired) electrons. The third kappa shape index (κ3) is 4.06. The summed E-state index contributed by atoms with van der Waals surface area (Å²) in [6.45, 7) is 6.08. The van der Waals surface area contributed by atoms with Gasteiger partial charge in [-0.25, -0.2) is 4.39 Å². The van der Waals surface area contributed by atoms with Crippen LogP contribution in [0.3, 0.4) is 0 Å². The molecule has 3 heterocycles. The van der Waals surface area contributed by atoms with Gasteiger partial charge in [0.25, 0.3) is 0 Å². The van der Waals surface area contributed by atoms with E-state index in [0.717, 1.165) is 11.4 Å². The van der Waals surface area contributed by atoms with Crippen LogP contribution in [0.5, 0.6) is 0 Å². The molecule has 2 fully saturated rings. The van der Waals surface area contributed by atoms with Gasteiger partial charge in [-0.2, -0.15) is 0 Å². The quantitative estimate of drug-likeness (QED) is 0.849. The van der Waals surface area contributed by atoms with Gasteiger partial charge in [0.15, 0.2) is 0 Å². The van der Waals surface area contributed by atoms with Gasteiger partial charge in [0.05, 0.1) is 0 Å². The Labute approximate surface area is 150 Å². The van der Waals surface area contributed by atoms with Crippen molar-refractivity contribution in [3.05, 3.63) is 35.8 Å². The molecule has 2 aliphatic rings. The van der Waals surface area contributed by atoms with Crippen molar-refractivity contribution in [1.29, 1.82) is 0 Å². The third-order valence-corrected chi connectivity index (χ3v) is 6.19. The first kappa shape index (κ1) is 17.0. The smallest absolute Gasteiger partial charge is 0.125 e. The van der Waals surface area contributed by atoms with Crippen LogP contribution in [0.2, 0.25) is 0 Å². The molecule has 0 bridgehead atoms. The Morgan fingerprint density at radius 1 is 1.16 bits per heavy atom. The number of hydrogen-bond acceptors (Lipinski definition) is 2. The average molecular weight is 343 g/mol. The lowest BCUT2D eigenvalue weighted by Crippen LogP contribution is -2.34. The number of hydrogen-bond donors (Lipinski definition) is 2. The van der Waals surface area contributed by atoms with Crippen LogP contribution in [0.25, 0.3) is 10.9 Å². The van der Waals surface area contributed by atoms with Gasteiger partial charge in [-0.15, -0.1) is 0 Å². The van der Waals surface area contributed by atoms with E-state index in [4.69, 9.17) is 0 Å². The Kier molecular flexibility index (Phi) is 5.37. The van der Waals surface area contributed by atoms with Gasteiger partial charge < -0.3 is 15.2 Å². The number of nitrogens with one attached hydrogen (secondary N) is 2. The van der Waals surface area contributed by atoms with E-state index >= 15 is 0 Å². The molecule has 2 saturated heterocycles. The van der Waals surface area contributed by atoms with E-state index < -0.39 is 0 Å². The molecule has 3 nitrogen and oxygen atoms in total. The maximum atomic E-state index is 13.4. The van der Waals surface area contributed by atoms with Crippen molar-refractivity contribution in [3.63, 3.8) is 0 Å². The van der Waals surface area contributed by atoms with Crippen LogP contribution < -0.4 is 5.32 Å². The molecule has 25 heavy (non-hydrogen) atoms. The van der Waals surface area contributed by atoms with Gasteiger partial charge in [-0.3, -0.25) is 0 Å². The number of nitrogens with zero attached hydrogens (tertiary/aromatic N) is 1. The molecule has 4 rings (SSSR count). The van der Waals surface area contributed by atoms with Crippen LogP contribution in [0, 0.1) is 11.7 Å². The topological polar surface area (TPSA) is 31.1 Å². The van der Waals surface area contributed by atoms with Crippen molar-refractivity contribution in [2.45, 2.75) is 44.4 Å². The standard InChI is InChI=1S/C21H30FN3/c22-18-5-6-19-20(15-24-21(19)13-18)17-7-11-25(12-8-17)10-2-4-16-3-1-9-23-14-16/h5-6,13,15-17,23-24H,1-4,7-12,14H2. The van der Waals surface area contributed by atoms with Crippen molar-refractivity contribution in [2.24, 2.45) is 5.92 Å². The molecule has 1 aromatic carbocycles. The van der Waals surface area contributed by atoms with Crippen molar-refractivity contribution in [1.82, 2.24) is 15.2 Å². The van der Waals surface area contributed by atoms with Gasteiger partial charge in [0, 0.05) is 17.1 Å². The molecule has 1 aromatic heterocycles. The molecule has 1 unspecified atom stereocenters. The fourth-order valence-corrected chi connectivity index (χ4v) is 4.70. The largest absolute Gasteiger partial charge is 0.361 e. The fourth-order valence-electron chi connectivity index (χ4n) is 4.70. The number of aromatic amines is 1. The molecule has 0 saturated carbocycles. The minimum atomic E-state index is -0.163. The SMILES string of the molecule is Fc1ccc2c(C3CCN(CCCC4CCCNC4)CC3)c[nH]c2c1. The molecule has 136 valence electrons. The second kappa shape index (κ2) is 7.88. The van der Waals surface area contributed by atoms with E-state index in [0.29, 0.717) is 5.92 Å². The van der Waals surface area contributed by atoms with E-state index in [2.05, 4.69) is 21.4 Å². The zero-order valence-electron chi connectivity index (χ0n) is 15.1. The summed E-state index contributed by atoms with van der Waals surface area (Å²) in [5.41, 5.74) is 2.31. The van der Waals surface area contributed by atoms with E-state index in [1.165, 1.54) is 82.2 Å². The Hall–Kier alpha value is -1.39. The molecule has 0 spiro atoms. The van der Waals surface area contributed by atoms with Gasteiger partial charge in [0.1, 0.15) is 5.82 Å². The van der Waals surface area contributed by atoms with Crippen LogP contribution in [0.1, 0.15) is 50.0 Å². The molecule has 2 aromatic rings. The number of aromatic nitrogens is 1. The summed E-state index contributed by atoms with van der Waals surface area (Å²) in [6, 6.07) is 5.12. The summed E-state index contributed by atoms with van der Waals surface area (Å²) < 4.78 is 13.4. The molecular formula is C21H30FN3. The van der Waals surface area contributed by atoms with E-state index in [1.54, 1.807) is 12.1 Å². The Morgan fingerprint density at radius 2 is 2.04 bits per heavy atom. The Morgan fingerprint density at radius 3 is 2.84 bits per heavy atom. The van der Waals surface area contributed by atoms with Crippen LogP contribution in [-0.2, 0) is 0 Å². The van der Waals surface area contributed by atoms with Crippen molar-refractivity contribution >= 4 is 10.9 Å². The summed E-state index contributed by atoms with van der Waals surface area (Å²) in [4.78, 5) is 5.89. The molecule has 0 aliphatic carbocycles. The zero-order chi connectivity index (χ0) is 17.1. The minimum absolute atomic E-state index is 0.163. The summed E-state index contributed by atoms with van der Waals surface area (Å²) in [5.74, 6) is 1.35. The van der Waals surface area contributed by atoms with Crippen molar-refractivity contribution in [2.75, 3.05) is 32.7 Å². The van der Waals surface area contributed by atoms with Crippen LogP contribution >= 0.6 is 0 Å². The first-order valence-electron chi connectivity index (χ1n) is 9.99. The van der Waals surface area contributed by atoms with E-state index in [9.17, 15) is 4.39 Å². The number of fused-ring (bicyclic) bond motifs is 1. The van der Waals surface area contributed by atoms with Crippen LogP contribution in [-0.4, -0.2) is 42.6 Å². The fraction of sp³-hybridized carbons (Fsp3) is 0.619. The highest BCUT2D eigenvalue weighted by Gasteiger charge is 2.23. The predicted octanol–water partition coefficient (Wildman–Crippen LogP) is 4.27. The monoisotopic (exact) mass is 343 g/mol. The minimum Gasteiger partial charge on any atom is -0.361 e. The number of H-pyrrole nitrogens is 1. The maximum Gasteiger partial charge on any atom is 0.125 e. The zero-order valence-corrected chi connectivity index (χ0v) is 15.1. The van der Waals surface area contributed by atoms with E-state index in [-0.39, 0.29) is 5.82 Å². The first-order valence-corrected chi connectivity index (χ1v) is 9.99. The number of benzene rings is 1. The van der Waals surface area contributed by atoms with Crippen molar-refractivity contribution in [3.8, 4) is 0 Å². The molecule has 4 heteroatoms. The Balaban J connectivity index is 1.26. The predicted molar refractivity (Wildman–Crippen MR) is 101 cm³/mol. The van der Waals surface area contributed by atoms with Crippen LogP contribution in [0.4, 0.5) is 4.39 Å². The van der Waals surface area contributed by atoms with Gasteiger partial charge in [0.2, 0.25) is 0 Å². The first-order chi connectivity index (χ1) is 12.3. The summed E-state index contributed by atoms with van der Waals surface area (Å²) in [7, 11) is 0. The number of piperidine rings is 2. The third-order valence-electron chi connectivity index (χ3n) is 6.19. The summed E-state index contributed by atoms with van der Waals surface area (Å²) in [5, 5.41) is 4.72. The molecule has 2 aliphatic heterocycles. The number of halogens is 1. The highest BCUT2D eigenvalue weighted by Crippen LogP contribution is 2.33. The highest BCUT2D eigenvalue weighted by molar-refractivity contribution is 5.83. The average Bonchev–Trinajstić information content (AvgIpc) is 3.06. The van der Waals surface area contributed by atoms with Gasteiger partial charge in [-0.1, -0.05) is 0 Å². The lowest BCUT2D eigenvalue weighted by Gasteiger charge is -2.32. The van der Waals surface area contributed by atoms with Gasteiger partial charge in [-0.05, 0) is 107 Å². The maximum absolute atomic E-state index is 13.4. The van der Waals surface area contributed by atoms with Crippen molar-refractivity contribution < 1.29 is 4.39 Å². The second-order valence-electron chi connectivity index (χ2n) is 7.90. The number of rotatable bonds is 5. The summed E-state index contributed by atoms with van der Waals surface area (Å²) in [6.07, 6.45) is 10.0. The Bertz CT molecular complexity index is 682. The van der Waals surface area contributed by atoms with Gasteiger partial charge >= 0.3 is 0 Å². The van der Waals surface area contributed by atoms with Crippen LogP contribution in [0.15, 0.2) is 24.4 Å². The molecule has 0 amide bonds. The molecular weight excluding hydrogens is 313 g/mol. The lowest BCUT2D eigenvalue weighted by molar-refractivity contribution is 0.202. The highest BCUT2D eigenvalue weighted by atomic mass is 19.1. The van der Waals surface area contributed by atoms with E-state index in [1.807, 2.05) is 6.07 Å².